The molecule has 0 saturated carbocycles. The molecule has 4 heteroatoms. The number of methoxy groups -OCH3 is 1. The van der Waals surface area contributed by atoms with E-state index >= 15 is 0 Å². The summed E-state index contributed by atoms with van der Waals surface area (Å²) >= 11 is 0. The number of carbonyl (C=O) groups excluding carboxylic acids is 2. The van der Waals surface area contributed by atoms with Gasteiger partial charge in [-0.15, -0.1) is 0 Å². The molecule has 0 radical (unpaired) electrons. The Morgan fingerprint density at radius 1 is 1.56 bits per heavy atom. The number of ether oxygens (including phenoxy) is 2. The Kier molecular flexibility index (Phi) is 3.27. The molecule has 16 heavy (non-hydrogen) atoms. The lowest BCUT2D eigenvalue weighted by atomic mass is 9.78. The first-order valence-electron chi connectivity index (χ1n) is 5.64. The quantitative estimate of drug-likeness (QED) is 0.499. The van der Waals surface area contributed by atoms with Crippen molar-refractivity contribution in [1.29, 1.82) is 0 Å². The SMILES string of the molecule is COC(=O)[C@H]1CC=C2CCCOC(=O)[C@H]1C2. The van der Waals surface area contributed by atoms with Crippen molar-refractivity contribution in [3.63, 3.8) is 0 Å². The van der Waals surface area contributed by atoms with E-state index in [1.165, 1.54) is 12.7 Å². The maximum Gasteiger partial charge on any atom is 0.310 e. The van der Waals surface area contributed by atoms with Crippen LogP contribution in [-0.4, -0.2) is 25.7 Å². The van der Waals surface area contributed by atoms with Crippen LogP contribution in [0.2, 0.25) is 0 Å². The molecule has 1 heterocycles. The summed E-state index contributed by atoms with van der Waals surface area (Å²) in [5.74, 6) is -1.26. The zero-order valence-corrected chi connectivity index (χ0v) is 9.40. The predicted molar refractivity (Wildman–Crippen MR) is 56.5 cm³/mol. The molecule has 0 spiro atoms. The van der Waals surface area contributed by atoms with Crippen LogP contribution < -0.4 is 0 Å². The lowest BCUT2D eigenvalue weighted by molar-refractivity contribution is -0.160. The van der Waals surface area contributed by atoms with Crippen LogP contribution in [-0.2, 0) is 19.1 Å². The normalized spacial score (nSPS) is 29.6. The van der Waals surface area contributed by atoms with Gasteiger partial charge < -0.3 is 9.47 Å². The van der Waals surface area contributed by atoms with Gasteiger partial charge in [0, 0.05) is 0 Å². The van der Waals surface area contributed by atoms with Gasteiger partial charge >= 0.3 is 11.9 Å². The van der Waals surface area contributed by atoms with Crippen LogP contribution in [0.1, 0.15) is 25.7 Å². The van der Waals surface area contributed by atoms with Gasteiger partial charge in [0.2, 0.25) is 0 Å². The molecule has 2 aliphatic rings. The van der Waals surface area contributed by atoms with Crippen molar-refractivity contribution < 1.29 is 19.1 Å². The molecule has 2 atom stereocenters. The molecular weight excluding hydrogens is 208 g/mol. The summed E-state index contributed by atoms with van der Waals surface area (Å²) in [6.07, 6.45) is 5.18. The Balaban J connectivity index is 2.20. The Hall–Kier alpha value is -1.32. The van der Waals surface area contributed by atoms with E-state index in [2.05, 4.69) is 6.08 Å². The van der Waals surface area contributed by atoms with E-state index in [0.717, 1.165) is 12.8 Å². The van der Waals surface area contributed by atoms with Gasteiger partial charge in [-0.1, -0.05) is 11.6 Å². The van der Waals surface area contributed by atoms with Crippen LogP contribution in [0.4, 0.5) is 0 Å². The first-order chi connectivity index (χ1) is 7.72. The standard InChI is InChI=1S/C12H16O4/c1-15-11(13)9-5-4-8-3-2-6-16-12(14)10(9)7-8/h4,9-10H,2-3,5-7H2,1H3/t9-,10-/m0/s1. The number of carbonyl (C=O) groups is 2. The fraction of sp³-hybridized carbons (Fsp3) is 0.667. The number of fused-ring (bicyclic) bond motifs is 2. The van der Waals surface area contributed by atoms with Crippen molar-refractivity contribution in [2.75, 3.05) is 13.7 Å². The number of rotatable bonds is 1. The molecule has 1 aliphatic heterocycles. The third-order valence-electron chi connectivity index (χ3n) is 3.32. The van der Waals surface area contributed by atoms with E-state index in [0.29, 0.717) is 19.4 Å². The first kappa shape index (κ1) is 11.2. The van der Waals surface area contributed by atoms with Crippen LogP contribution in [0.5, 0.6) is 0 Å². The van der Waals surface area contributed by atoms with E-state index in [4.69, 9.17) is 9.47 Å². The molecule has 0 aromatic heterocycles. The van der Waals surface area contributed by atoms with Crippen molar-refractivity contribution in [3.05, 3.63) is 11.6 Å². The summed E-state index contributed by atoms with van der Waals surface area (Å²) in [5.41, 5.74) is 1.28. The zero-order chi connectivity index (χ0) is 11.5. The van der Waals surface area contributed by atoms with Crippen molar-refractivity contribution in [2.24, 2.45) is 11.8 Å². The highest BCUT2D eigenvalue weighted by Crippen LogP contribution is 2.34. The van der Waals surface area contributed by atoms with Gasteiger partial charge in [-0.25, -0.2) is 0 Å². The molecular formula is C12H16O4. The molecule has 1 aliphatic carbocycles. The molecule has 0 amide bonds. The van der Waals surface area contributed by atoms with E-state index in [-0.39, 0.29) is 23.8 Å². The molecule has 0 aromatic carbocycles. The minimum Gasteiger partial charge on any atom is -0.469 e. The van der Waals surface area contributed by atoms with Gasteiger partial charge in [-0.2, -0.15) is 0 Å². The minimum atomic E-state index is -0.362. The molecule has 1 fully saturated rings. The third-order valence-corrected chi connectivity index (χ3v) is 3.32. The second-order valence-corrected chi connectivity index (χ2v) is 4.31. The Labute approximate surface area is 94.6 Å². The number of esters is 2. The number of hydrogen-bond donors (Lipinski definition) is 0. The smallest absolute Gasteiger partial charge is 0.310 e. The van der Waals surface area contributed by atoms with Gasteiger partial charge in [-0.3, -0.25) is 9.59 Å². The van der Waals surface area contributed by atoms with Gasteiger partial charge in [0.05, 0.1) is 25.6 Å². The molecule has 1 saturated heterocycles. The van der Waals surface area contributed by atoms with Crippen LogP contribution in [0.15, 0.2) is 11.6 Å². The van der Waals surface area contributed by atoms with Gasteiger partial charge in [-0.05, 0) is 25.7 Å². The Bertz CT molecular complexity index is 332. The van der Waals surface area contributed by atoms with Gasteiger partial charge in [0.15, 0.2) is 0 Å². The number of cyclic esters (lactones) is 1. The second kappa shape index (κ2) is 4.68. The van der Waals surface area contributed by atoms with Gasteiger partial charge in [0.1, 0.15) is 0 Å². The fourth-order valence-corrected chi connectivity index (χ4v) is 2.41. The lowest BCUT2D eigenvalue weighted by Crippen LogP contribution is -2.35. The maximum atomic E-state index is 11.8. The predicted octanol–water partition coefficient (Wildman–Crippen LogP) is 1.45. The topological polar surface area (TPSA) is 52.6 Å². The summed E-state index contributed by atoms with van der Waals surface area (Å²) in [6.45, 7) is 0.459. The average Bonchev–Trinajstić information content (AvgIpc) is 2.31. The van der Waals surface area contributed by atoms with Crippen LogP contribution in [0.25, 0.3) is 0 Å². The molecule has 88 valence electrons. The van der Waals surface area contributed by atoms with Gasteiger partial charge in [0.25, 0.3) is 0 Å². The third kappa shape index (κ3) is 2.10. The summed E-state index contributed by atoms with van der Waals surface area (Å²) < 4.78 is 9.85. The fourth-order valence-electron chi connectivity index (χ4n) is 2.41. The van der Waals surface area contributed by atoms with Crippen LogP contribution >= 0.6 is 0 Å². The summed E-state index contributed by atoms with van der Waals surface area (Å²) in [6, 6.07) is 0. The zero-order valence-electron chi connectivity index (χ0n) is 9.40. The maximum absolute atomic E-state index is 11.8. The number of allylic oxidation sites excluding steroid dienone is 2. The van der Waals surface area contributed by atoms with Crippen molar-refractivity contribution >= 4 is 11.9 Å². The lowest BCUT2D eigenvalue weighted by Gasteiger charge is -2.29. The summed E-state index contributed by atoms with van der Waals surface area (Å²) in [7, 11) is 1.36. The number of hydrogen-bond acceptors (Lipinski definition) is 4. The largest absolute Gasteiger partial charge is 0.469 e. The molecule has 0 N–H and O–H groups in total. The van der Waals surface area contributed by atoms with Crippen LogP contribution in [0.3, 0.4) is 0 Å². The monoisotopic (exact) mass is 224 g/mol. The Morgan fingerprint density at radius 2 is 2.38 bits per heavy atom. The molecule has 2 rings (SSSR count). The van der Waals surface area contributed by atoms with E-state index in [9.17, 15) is 9.59 Å². The first-order valence-corrected chi connectivity index (χ1v) is 5.64. The molecule has 0 aromatic rings. The highest BCUT2D eigenvalue weighted by Gasteiger charge is 2.38. The van der Waals surface area contributed by atoms with E-state index in [1.54, 1.807) is 0 Å². The summed E-state index contributed by atoms with van der Waals surface area (Å²) in [5, 5.41) is 0. The summed E-state index contributed by atoms with van der Waals surface area (Å²) in [4.78, 5) is 23.3. The van der Waals surface area contributed by atoms with Crippen molar-refractivity contribution in [3.8, 4) is 0 Å². The van der Waals surface area contributed by atoms with Crippen LogP contribution in [0, 0.1) is 11.8 Å². The molecule has 4 nitrogen and oxygen atoms in total. The average molecular weight is 224 g/mol. The molecule has 0 unspecified atom stereocenters. The van der Waals surface area contributed by atoms with E-state index in [1.807, 2.05) is 0 Å². The Morgan fingerprint density at radius 3 is 3.12 bits per heavy atom. The highest BCUT2D eigenvalue weighted by molar-refractivity contribution is 5.83. The minimum absolute atomic E-state index is 0.249. The van der Waals surface area contributed by atoms with E-state index < -0.39 is 0 Å². The second-order valence-electron chi connectivity index (χ2n) is 4.31. The van der Waals surface area contributed by atoms with Crippen molar-refractivity contribution in [1.82, 2.24) is 0 Å². The highest BCUT2D eigenvalue weighted by atomic mass is 16.5. The van der Waals surface area contributed by atoms with Crippen molar-refractivity contribution in [2.45, 2.75) is 25.7 Å². The molecule has 2 bridgehead atoms.